The molecule has 1 atom stereocenters. The zero-order valence-corrected chi connectivity index (χ0v) is 23.9. The van der Waals surface area contributed by atoms with Crippen LogP contribution in [0, 0.1) is 0 Å². The highest BCUT2D eigenvalue weighted by molar-refractivity contribution is 7.07. The van der Waals surface area contributed by atoms with Crippen LogP contribution in [-0.4, -0.2) is 27.8 Å². The Labute approximate surface area is 231 Å². The molecule has 2 aromatic carbocycles. The van der Waals surface area contributed by atoms with Gasteiger partial charge in [-0.15, -0.1) is 0 Å². The van der Waals surface area contributed by atoms with Crippen LogP contribution in [-0.2, 0) is 9.53 Å². The molecule has 3 heterocycles. The van der Waals surface area contributed by atoms with E-state index in [0.29, 0.717) is 31.9 Å². The molecule has 39 heavy (non-hydrogen) atoms. The number of fused-ring (bicyclic) bond motifs is 2. The van der Waals surface area contributed by atoms with Crippen molar-refractivity contribution in [1.82, 2.24) is 9.13 Å². The summed E-state index contributed by atoms with van der Waals surface area (Å²) in [6.07, 6.45) is 3.94. The Balaban J connectivity index is 1.77. The molecule has 1 aliphatic rings. The minimum atomic E-state index is -0.727. The van der Waals surface area contributed by atoms with Crippen LogP contribution in [0.5, 0.6) is 5.75 Å². The van der Waals surface area contributed by atoms with Gasteiger partial charge in [-0.1, -0.05) is 47.7 Å². The maximum Gasteiger partial charge on any atom is 0.338 e. The average molecular weight is 544 g/mol. The number of ether oxygens (including phenoxy) is 2. The van der Waals surface area contributed by atoms with Crippen LogP contribution in [0.25, 0.3) is 17.0 Å². The molecule has 5 rings (SSSR count). The Morgan fingerprint density at radius 3 is 2.54 bits per heavy atom. The fourth-order valence-corrected chi connectivity index (χ4v) is 6.11. The Morgan fingerprint density at radius 1 is 1.10 bits per heavy atom. The maximum absolute atomic E-state index is 14.1. The number of hydrogen-bond acceptors (Lipinski definition) is 6. The second-order valence-electron chi connectivity index (χ2n) is 10.1. The van der Waals surface area contributed by atoms with Gasteiger partial charge in [-0.3, -0.25) is 9.36 Å². The Bertz CT molecular complexity index is 1770. The van der Waals surface area contributed by atoms with Crippen LogP contribution in [0.4, 0.5) is 0 Å². The maximum atomic E-state index is 14.1. The van der Waals surface area contributed by atoms with Crippen LogP contribution in [0.1, 0.15) is 64.8 Å². The molecular formula is C31H33N3O4S. The van der Waals surface area contributed by atoms with Crippen molar-refractivity contribution in [2.75, 3.05) is 6.61 Å². The predicted molar refractivity (Wildman–Crippen MR) is 155 cm³/mol. The van der Waals surface area contributed by atoms with E-state index >= 15 is 0 Å². The van der Waals surface area contributed by atoms with Crippen molar-refractivity contribution in [2.45, 2.75) is 59.7 Å². The van der Waals surface area contributed by atoms with Crippen LogP contribution in [0.15, 0.2) is 75.8 Å². The first kappa shape index (κ1) is 26.7. The van der Waals surface area contributed by atoms with Crippen LogP contribution >= 0.6 is 11.3 Å². The molecule has 1 aliphatic heterocycles. The van der Waals surface area contributed by atoms with Gasteiger partial charge in [-0.05, 0) is 59.8 Å². The monoisotopic (exact) mass is 543 g/mol. The lowest BCUT2D eigenvalue weighted by Gasteiger charge is -2.26. The summed E-state index contributed by atoms with van der Waals surface area (Å²) < 4.78 is 15.9. The van der Waals surface area contributed by atoms with E-state index in [0.717, 1.165) is 16.5 Å². The van der Waals surface area contributed by atoms with Gasteiger partial charge in [0.15, 0.2) is 4.80 Å². The third-order valence-corrected chi connectivity index (χ3v) is 7.69. The fraction of sp³-hybridized carbons (Fsp3) is 0.323. The number of carbonyl (C=O) groups is 1. The van der Waals surface area contributed by atoms with Gasteiger partial charge >= 0.3 is 5.97 Å². The highest BCUT2D eigenvalue weighted by Crippen LogP contribution is 2.36. The fourth-order valence-electron chi connectivity index (χ4n) is 5.07. The topological polar surface area (TPSA) is 74.8 Å². The summed E-state index contributed by atoms with van der Waals surface area (Å²) >= 11 is 1.32. The summed E-state index contributed by atoms with van der Waals surface area (Å²) in [4.78, 5) is 32.6. The molecule has 0 saturated carbocycles. The molecule has 0 spiro atoms. The predicted octanol–water partition coefficient (Wildman–Crippen LogP) is 5.12. The van der Waals surface area contributed by atoms with E-state index < -0.39 is 12.0 Å². The van der Waals surface area contributed by atoms with Crippen LogP contribution in [0.3, 0.4) is 0 Å². The van der Waals surface area contributed by atoms with Crippen molar-refractivity contribution < 1.29 is 14.3 Å². The summed E-state index contributed by atoms with van der Waals surface area (Å²) in [5.41, 5.74) is 3.45. The molecular weight excluding hydrogens is 510 g/mol. The Hall–Kier alpha value is -3.91. The summed E-state index contributed by atoms with van der Waals surface area (Å²) in [7, 11) is 0. The third kappa shape index (κ3) is 4.85. The SMILES string of the molecule is CCOC(=O)C1=C(C)N=c2s/c(=C\c3cn(C(C)C)c4ccccc34)c(=O)n2[C@@H]1c1ccccc1OC(C)C. The van der Waals surface area contributed by atoms with Crippen LogP contribution < -0.4 is 19.6 Å². The van der Waals surface area contributed by atoms with Gasteiger partial charge in [0.25, 0.3) is 5.56 Å². The Morgan fingerprint density at radius 2 is 1.82 bits per heavy atom. The van der Waals surface area contributed by atoms with Crippen molar-refractivity contribution in [3.8, 4) is 5.75 Å². The highest BCUT2D eigenvalue weighted by atomic mass is 32.1. The summed E-state index contributed by atoms with van der Waals surface area (Å²) in [5, 5.41) is 1.08. The molecule has 0 N–H and O–H groups in total. The number of nitrogens with zero attached hydrogens (tertiary/aromatic N) is 3. The first-order valence-corrected chi connectivity index (χ1v) is 14.1. The van der Waals surface area contributed by atoms with E-state index in [2.05, 4.69) is 36.7 Å². The lowest BCUT2D eigenvalue weighted by Crippen LogP contribution is -2.40. The summed E-state index contributed by atoms with van der Waals surface area (Å²) in [5.74, 6) is 0.126. The first-order chi connectivity index (χ1) is 18.7. The van der Waals surface area contributed by atoms with E-state index in [-0.39, 0.29) is 24.3 Å². The van der Waals surface area contributed by atoms with Gasteiger partial charge < -0.3 is 14.0 Å². The number of carbonyl (C=O) groups excluding carboxylic acids is 1. The second-order valence-corrected chi connectivity index (χ2v) is 11.1. The molecule has 0 bridgehead atoms. The molecule has 8 heteroatoms. The average Bonchev–Trinajstić information content (AvgIpc) is 3.41. The zero-order valence-electron chi connectivity index (χ0n) is 23.1. The third-order valence-electron chi connectivity index (χ3n) is 6.71. The van der Waals surface area contributed by atoms with E-state index in [1.165, 1.54) is 11.3 Å². The number of esters is 1. The number of hydrogen-bond donors (Lipinski definition) is 0. The van der Waals surface area contributed by atoms with E-state index in [1.807, 2.05) is 56.3 Å². The standard InChI is InChI=1S/C31H33N3O4S/c1-7-37-30(36)27-20(6)32-31-34(28(27)23-13-9-11-15-25(23)38-19(4)5)29(35)26(39-31)16-21-17-33(18(2)3)24-14-10-8-12-22(21)24/h8-19,28H,7H2,1-6H3/b26-16-/t28-/m1/s1. The van der Waals surface area contributed by atoms with E-state index in [1.54, 1.807) is 18.4 Å². The molecule has 202 valence electrons. The number of para-hydroxylation sites is 2. The molecule has 0 fully saturated rings. The molecule has 0 aliphatic carbocycles. The minimum Gasteiger partial charge on any atom is -0.491 e. The van der Waals surface area contributed by atoms with Crippen molar-refractivity contribution >= 4 is 34.3 Å². The zero-order chi connectivity index (χ0) is 27.8. The Kier molecular flexibility index (Phi) is 7.32. The van der Waals surface area contributed by atoms with Gasteiger partial charge in [-0.2, -0.15) is 0 Å². The molecule has 7 nitrogen and oxygen atoms in total. The normalized spacial score (nSPS) is 15.7. The van der Waals surface area contributed by atoms with Crippen molar-refractivity contribution in [1.29, 1.82) is 0 Å². The number of rotatable bonds is 7. The molecule has 0 radical (unpaired) electrons. The molecule has 0 saturated heterocycles. The smallest absolute Gasteiger partial charge is 0.338 e. The van der Waals surface area contributed by atoms with Crippen molar-refractivity contribution in [3.63, 3.8) is 0 Å². The second kappa shape index (κ2) is 10.7. The van der Waals surface area contributed by atoms with Gasteiger partial charge in [0.1, 0.15) is 11.8 Å². The van der Waals surface area contributed by atoms with Crippen molar-refractivity contribution in [3.05, 3.63) is 96.8 Å². The van der Waals surface area contributed by atoms with E-state index in [9.17, 15) is 9.59 Å². The first-order valence-electron chi connectivity index (χ1n) is 13.3. The number of aromatic nitrogens is 2. The van der Waals surface area contributed by atoms with Gasteiger partial charge in [-0.25, -0.2) is 9.79 Å². The molecule has 0 unspecified atom stereocenters. The number of benzene rings is 2. The molecule has 4 aromatic rings. The van der Waals surface area contributed by atoms with Gasteiger partial charge in [0.05, 0.1) is 28.5 Å². The number of thiazole rings is 1. The quantitative estimate of drug-likeness (QED) is 0.303. The lowest BCUT2D eigenvalue weighted by atomic mass is 9.95. The van der Waals surface area contributed by atoms with Crippen LogP contribution in [0.2, 0.25) is 0 Å². The van der Waals surface area contributed by atoms with E-state index in [4.69, 9.17) is 14.5 Å². The van der Waals surface area contributed by atoms with Gasteiger partial charge in [0.2, 0.25) is 0 Å². The van der Waals surface area contributed by atoms with Crippen molar-refractivity contribution in [2.24, 2.45) is 4.99 Å². The highest BCUT2D eigenvalue weighted by Gasteiger charge is 2.35. The molecule has 2 aromatic heterocycles. The molecule has 0 amide bonds. The minimum absolute atomic E-state index is 0.0867. The number of allylic oxidation sites excluding steroid dienone is 1. The largest absolute Gasteiger partial charge is 0.491 e. The van der Waals surface area contributed by atoms with Gasteiger partial charge in [0, 0.05) is 34.3 Å². The summed E-state index contributed by atoms with van der Waals surface area (Å²) in [6.45, 7) is 11.9. The lowest BCUT2D eigenvalue weighted by molar-refractivity contribution is -0.139. The summed E-state index contributed by atoms with van der Waals surface area (Å²) in [6, 6.07) is 15.3.